The Labute approximate surface area is 81.9 Å². The number of hydrogen-bond acceptors (Lipinski definition) is 5. The second-order valence-corrected chi connectivity index (χ2v) is 3.40. The molecule has 80 valence electrons. The molecule has 0 saturated heterocycles. The molecule has 0 unspecified atom stereocenters. The number of rotatable bonds is 4. The molecule has 1 rings (SSSR count). The van der Waals surface area contributed by atoms with Gasteiger partial charge in [0.2, 0.25) is 0 Å². The molecule has 0 aliphatic heterocycles. The molecule has 0 aliphatic carbocycles. The van der Waals surface area contributed by atoms with Crippen molar-refractivity contribution < 1.29 is 17.9 Å². The van der Waals surface area contributed by atoms with Crippen molar-refractivity contribution in [1.82, 2.24) is 10.2 Å². The third-order valence-corrected chi connectivity index (χ3v) is 2.09. The maximum absolute atomic E-state index is 11.7. The molecular weight excluding hydrogens is 219 g/mol. The fourth-order valence-electron chi connectivity index (χ4n) is 0.633. The molecule has 1 aromatic rings. The molecule has 8 heteroatoms. The lowest BCUT2D eigenvalue weighted by Crippen LogP contribution is -2.12. The van der Waals surface area contributed by atoms with E-state index in [0.29, 0.717) is 5.01 Å². The van der Waals surface area contributed by atoms with Gasteiger partial charge in [0.1, 0.15) is 5.01 Å². The Kier molecular flexibility index (Phi) is 3.64. The topological polar surface area (TPSA) is 61.0 Å². The summed E-state index contributed by atoms with van der Waals surface area (Å²) < 4.78 is 39.8. The molecule has 1 aromatic heterocycles. The zero-order valence-corrected chi connectivity index (χ0v) is 7.86. The van der Waals surface area contributed by atoms with Crippen LogP contribution in [0.15, 0.2) is 0 Å². The van der Waals surface area contributed by atoms with E-state index in [-0.39, 0.29) is 11.7 Å². The van der Waals surface area contributed by atoms with Gasteiger partial charge < -0.3 is 10.5 Å². The van der Waals surface area contributed by atoms with Crippen LogP contribution >= 0.6 is 11.3 Å². The highest BCUT2D eigenvalue weighted by Gasteiger charge is 2.27. The van der Waals surface area contributed by atoms with E-state index >= 15 is 0 Å². The molecule has 0 radical (unpaired) electrons. The van der Waals surface area contributed by atoms with E-state index in [0.717, 1.165) is 11.3 Å². The van der Waals surface area contributed by atoms with Crippen LogP contribution in [-0.4, -0.2) is 23.0 Å². The van der Waals surface area contributed by atoms with Gasteiger partial charge >= 0.3 is 6.18 Å². The van der Waals surface area contributed by atoms with Crippen molar-refractivity contribution >= 4 is 11.3 Å². The van der Waals surface area contributed by atoms with Gasteiger partial charge in [0.05, 0.1) is 13.0 Å². The Morgan fingerprint density at radius 1 is 1.36 bits per heavy atom. The predicted molar refractivity (Wildman–Crippen MR) is 44.0 cm³/mol. The maximum Gasteiger partial charge on any atom is 0.392 e. The molecule has 0 fully saturated rings. The van der Waals surface area contributed by atoms with E-state index in [1.54, 1.807) is 0 Å². The number of halogens is 3. The Hall–Kier alpha value is -0.890. The quantitative estimate of drug-likeness (QED) is 0.842. The number of aromatic nitrogens is 2. The third kappa shape index (κ3) is 3.88. The van der Waals surface area contributed by atoms with Gasteiger partial charge in [0, 0.05) is 6.54 Å². The number of ether oxygens (including phenoxy) is 1. The molecule has 0 aliphatic rings. The van der Waals surface area contributed by atoms with Crippen LogP contribution in [0.1, 0.15) is 11.4 Å². The summed E-state index contributed by atoms with van der Waals surface area (Å²) in [6, 6.07) is 0. The highest BCUT2D eigenvalue weighted by atomic mass is 32.1. The van der Waals surface area contributed by atoms with E-state index in [9.17, 15) is 13.2 Å². The fourth-order valence-corrected chi connectivity index (χ4v) is 1.22. The highest BCUT2D eigenvalue weighted by molar-refractivity contribution is 7.13. The van der Waals surface area contributed by atoms with Crippen LogP contribution in [-0.2, 0) is 6.54 Å². The molecule has 4 nitrogen and oxygen atoms in total. The smallest absolute Gasteiger partial charge is 0.392 e. The van der Waals surface area contributed by atoms with Crippen LogP contribution in [0.2, 0.25) is 0 Å². The lowest BCUT2D eigenvalue weighted by atomic mass is 10.4. The predicted octanol–water partition coefficient (Wildman–Crippen LogP) is 1.33. The summed E-state index contributed by atoms with van der Waals surface area (Å²) in [5.74, 6) is 0. The lowest BCUT2D eigenvalue weighted by Gasteiger charge is -2.04. The molecular formula is C6H8F3N3OS. The maximum atomic E-state index is 11.7. The van der Waals surface area contributed by atoms with Gasteiger partial charge in [-0.1, -0.05) is 11.3 Å². The average molecular weight is 227 g/mol. The number of alkyl halides is 3. The largest absolute Gasteiger partial charge is 0.469 e. The lowest BCUT2D eigenvalue weighted by molar-refractivity contribution is -0.139. The van der Waals surface area contributed by atoms with Crippen LogP contribution in [0.4, 0.5) is 13.2 Å². The highest BCUT2D eigenvalue weighted by Crippen LogP contribution is 2.21. The molecule has 0 atom stereocenters. The first-order chi connectivity index (χ1) is 6.51. The zero-order chi connectivity index (χ0) is 10.6. The first-order valence-corrected chi connectivity index (χ1v) is 4.55. The van der Waals surface area contributed by atoms with Crippen LogP contribution in [0.3, 0.4) is 0 Å². The van der Waals surface area contributed by atoms with Crippen molar-refractivity contribution in [1.29, 1.82) is 0 Å². The van der Waals surface area contributed by atoms with E-state index in [1.807, 2.05) is 0 Å². The molecule has 2 N–H and O–H groups in total. The Bertz CT molecular complexity index is 288. The summed E-state index contributed by atoms with van der Waals surface area (Å²) in [5, 5.41) is 7.75. The van der Waals surface area contributed by atoms with Gasteiger partial charge in [0.25, 0.3) is 5.19 Å². The second-order valence-electron chi connectivity index (χ2n) is 2.38. The minimum absolute atomic E-state index is 0.120. The Balaban J connectivity index is 2.31. The van der Waals surface area contributed by atoms with Crippen LogP contribution in [0, 0.1) is 0 Å². The van der Waals surface area contributed by atoms with E-state index in [1.165, 1.54) is 0 Å². The van der Waals surface area contributed by atoms with Crippen molar-refractivity contribution in [3.63, 3.8) is 0 Å². The van der Waals surface area contributed by atoms with Gasteiger partial charge in [-0.15, -0.1) is 10.2 Å². The van der Waals surface area contributed by atoms with Crippen molar-refractivity contribution in [3.05, 3.63) is 5.01 Å². The minimum Gasteiger partial charge on any atom is -0.469 e. The second kappa shape index (κ2) is 4.56. The standard InChI is InChI=1S/C6H8F3N3OS/c7-6(8,9)1-2-13-5-12-11-4(3-10)14-5/h1-3,10H2. The zero-order valence-electron chi connectivity index (χ0n) is 7.04. The molecule has 0 aromatic carbocycles. The Morgan fingerprint density at radius 2 is 2.07 bits per heavy atom. The van der Waals surface area contributed by atoms with Crippen LogP contribution in [0.25, 0.3) is 0 Å². The van der Waals surface area contributed by atoms with Gasteiger partial charge in [-0.25, -0.2) is 0 Å². The molecule has 0 amide bonds. The number of nitrogens with zero attached hydrogens (tertiary/aromatic N) is 2. The van der Waals surface area contributed by atoms with Gasteiger partial charge in [-0.3, -0.25) is 0 Å². The minimum atomic E-state index is -4.21. The molecule has 0 spiro atoms. The summed E-state index contributed by atoms with van der Waals surface area (Å²) in [6.45, 7) is -0.233. The van der Waals surface area contributed by atoms with Gasteiger partial charge in [-0.2, -0.15) is 13.2 Å². The van der Waals surface area contributed by atoms with Gasteiger partial charge in [0.15, 0.2) is 0 Å². The van der Waals surface area contributed by atoms with E-state index in [2.05, 4.69) is 10.2 Å². The number of nitrogens with two attached hydrogens (primary N) is 1. The van der Waals surface area contributed by atoms with Gasteiger partial charge in [-0.05, 0) is 0 Å². The molecule has 0 bridgehead atoms. The van der Waals surface area contributed by atoms with Crippen molar-refractivity contribution in [2.24, 2.45) is 5.73 Å². The summed E-state index contributed by atoms with van der Waals surface area (Å²) in [6.07, 6.45) is -5.20. The monoisotopic (exact) mass is 227 g/mol. The van der Waals surface area contributed by atoms with Crippen LogP contribution < -0.4 is 10.5 Å². The van der Waals surface area contributed by atoms with Crippen molar-refractivity contribution in [2.45, 2.75) is 19.1 Å². The molecule has 1 heterocycles. The number of hydrogen-bond donors (Lipinski definition) is 1. The SMILES string of the molecule is NCc1nnc(OCCC(F)(F)F)s1. The van der Waals surface area contributed by atoms with Crippen molar-refractivity contribution in [2.75, 3.05) is 6.61 Å². The van der Waals surface area contributed by atoms with E-state index < -0.39 is 19.2 Å². The Morgan fingerprint density at radius 3 is 2.57 bits per heavy atom. The fraction of sp³-hybridized carbons (Fsp3) is 0.667. The first-order valence-electron chi connectivity index (χ1n) is 3.73. The molecule has 0 saturated carbocycles. The normalized spacial score (nSPS) is 11.7. The van der Waals surface area contributed by atoms with Crippen LogP contribution in [0.5, 0.6) is 5.19 Å². The summed E-state index contributed by atoms with van der Waals surface area (Å²) in [5.41, 5.74) is 5.23. The summed E-state index contributed by atoms with van der Waals surface area (Å²) in [7, 11) is 0. The summed E-state index contributed by atoms with van der Waals surface area (Å²) in [4.78, 5) is 0. The van der Waals surface area contributed by atoms with E-state index in [4.69, 9.17) is 10.5 Å². The third-order valence-electron chi connectivity index (χ3n) is 1.23. The first kappa shape index (κ1) is 11.2. The van der Waals surface area contributed by atoms with Crippen molar-refractivity contribution in [3.8, 4) is 5.19 Å². The average Bonchev–Trinajstić information content (AvgIpc) is 2.50. The molecule has 14 heavy (non-hydrogen) atoms. The summed E-state index contributed by atoms with van der Waals surface area (Å²) >= 11 is 1.05.